The Bertz CT molecular complexity index is 253. The van der Waals surface area contributed by atoms with E-state index in [-0.39, 0.29) is 5.54 Å². The predicted molar refractivity (Wildman–Crippen MR) is 77.3 cm³/mol. The highest BCUT2D eigenvalue weighted by molar-refractivity contribution is 5.07. The van der Waals surface area contributed by atoms with Gasteiger partial charge in [-0.25, -0.2) is 0 Å². The van der Waals surface area contributed by atoms with E-state index in [1.165, 1.54) is 57.8 Å². The van der Waals surface area contributed by atoms with Crippen molar-refractivity contribution in [1.82, 2.24) is 5.32 Å². The van der Waals surface area contributed by atoms with E-state index in [1.54, 1.807) is 0 Å². The zero-order chi connectivity index (χ0) is 13.1. The van der Waals surface area contributed by atoms with Gasteiger partial charge in [0.25, 0.3) is 0 Å². The van der Waals surface area contributed by atoms with Crippen molar-refractivity contribution in [3.63, 3.8) is 0 Å². The van der Waals surface area contributed by atoms with E-state index in [4.69, 9.17) is 0 Å². The van der Waals surface area contributed by atoms with Crippen molar-refractivity contribution in [2.24, 2.45) is 0 Å². The van der Waals surface area contributed by atoms with Gasteiger partial charge in [-0.15, -0.1) is 6.58 Å². The van der Waals surface area contributed by atoms with Gasteiger partial charge in [0.05, 0.1) is 6.07 Å². The zero-order valence-corrected chi connectivity index (χ0v) is 11.7. The topological polar surface area (TPSA) is 35.8 Å². The molecule has 18 heavy (non-hydrogen) atoms. The van der Waals surface area contributed by atoms with Crippen molar-refractivity contribution in [1.29, 1.82) is 5.26 Å². The largest absolute Gasteiger partial charge is 0.296 e. The molecule has 0 unspecified atom stereocenters. The molecular weight excluding hydrogens is 220 g/mol. The molecule has 0 atom stereocenters. The van der Waals surface area contributed by atoms with Crippen LogP contribution in [-0.2, 0) is 0 Å². The van der Waals surface area contributed by atoms with Crippen molar-refractivity contribution in [3.8, 4) is 6.07 Å². The molecule has 2 heteroatoms. The average Bonchev–Trinajstić information content (AvgIpc) is 2.39. The Morgan fingerprint density at radius 1 is 0.944 bits per heavy atom. The van der Waals surface area contributed by atoms with E-state index in [9.17, 15) is 5.26 Å². The van der Waals surface area contributed by atoms with Crippen LogP contribution in [0.5, 0.6) is 0 Å². The molecule has 0 saturated heterocycles. The second-order valence-electron chi connectivity index (χ2n) is 5.55. The van der Waals surface area contributed by atoms with Crippen LogP contribution in [0.1, 0.15) is 70.6 Å². The first-order valence-corrected chi connectivity index (χ1v) is 7.60. The van der Waals surface area contributed by atoms with Crippen LogP contribution in [0.4, 0.5) is 0 Å². The molecule has 0 amide bonds. The fourth-order valence-electron chi connectivity index (χ4n) is 2.81. The standard InChI is InChI=1S/C16H28N2/c1-2-14-18-16(15-17)12-10-8-6-4-3-5-7-9-11-13-16/h2,18H,1,3-14H2. The van der Waals surface area contributed by atoms with Crippen LogP contribution in [0.3, 0.4) is 0 Å². The number of nitrogens with one attached hydrogen (secondary N) is 1. The van der Waals surface area contributed by atoms with E-state index < -0.39 is 0 Å². The highest BCUT2D eigenvalue weighted by atomic mass is 15.0. The zero-order valence-electron chi connectivity index (χ0n) is 11.7. The number of hydrogen-bond donors (Lipinski definition) is 1. The summed E-state index contributed by atoms with van der Waals surface area (Å²) in [6.45, 7) is 4.49. The lowest BCUT2D eigenvalue weighted by Gasteiger charge is -2.28. The van der Waals surface area contributed by atoms with Gasteiger partial charge < -0.3 is 0 Å². The highest BCUT2D eigenvalue weighted by Gasteiger charge is 2.27. The van der Waals surface area contributed by atoms with Crippen LogP contribution in [0.15, 0.2) is 12.7 Å². The summed E-state index contributed by atoms with van der Waals surface area (Å²) in [6.07, 6.45) is 15.6. The Morgan fingerprint density at radius 2 is 1.39 bits per heavy atom. The summed E-state index contributed by atoms with van der Waals surface area (Å²) in [7, 11) is 0. The summed E-state index contributed by atoms with van der Waals surface area (Å²) in [6, 6.07) is 2.55. The Hall–Kier alpha value is -0.810. The number of hydrogen-bond acceptors (Lipinski definition) is 2. The maximum Gasteiger partial charge on any atom is 0.107 e. The second kappa shape index (κ2) is 9.16. The Morgan fingerprint density at radius 3 is 1.78 bits per heavy atom. The summed E-state index contributed by atoms with van der Waals surface area (Å²) in [5.41, 5.74) is -0.298. The van der Waals surface area contributed by atoms with Crippen LogP contribution < -0.4 is 5.32 Å². The van der Waals surface area contributed by atoms with Crippen LogP contribution >= 0.6 is 0 Å². The molecule has 102 valence electrons. The molecule has 1 aliphatic rings. The van der Waals surface area contributed by atoms with Crippen molar-refractivity contribution in [3.05, 3.63) is 12.7 Å². The third-order valence-electron chi connectivity index (χ3n) is 4.01. The lowest BCUT2D eigenvalue weighted by Crippen LogP contribution is -2.44. The minimum atomic E-state index is -0.298. The lowest BCUT2D eigenvalue weighted by atomic mass is 9.86. The quantitative estimate of drug-likeness (QED) is 0.755. The smallest absolute Gasteiger partial charge is 0.107 e. The van der Waals surface area contributed by atoms with Crippen molar-refractivity contribution in [2.45, 2.75) is 76.2 Å². The molecule has 1 fully saturated rings. The van der Waals surface area contributed by atoms with Gasteiger partial charge >= 0.3 is 0 Å². The van der Waals surface area contributed by atoms with E-state index in [2.05, 4.69) is 18.0 Å². The fourth-order valence-corrected chi connectivity index (χ4v) is 2.81. The molecular formula is C16H28N2. The first-order valence-electron chi connectivity index (χ1n) is 7.60. The number of rotatable bonds is 3. The second-order valence-corrected chi connectivity index (χ2v) is 5.55. The van der Waals surface area contributed by atoms with Gasteiger partial charge in [0.2, 0.25) is 0 Å². The number of nitriles is 1. The Labute approximate surface area is 112 Å². The lowest BCUT2D eigenvalue weighted by molar-refractivity contribution is 0.340. The molecule has 0 aromatic rings. The van der Waals surface area contributed by atoms with Gasteiger partial charge in [0.1, 0.15) is 5.54 Å². The first kappa shape index (κ1) is 15.2. The minimum absolute atomic E-state index is 0.298. The van der Waals surface area contributed by atoms with Gasteiger partial charge in [0, 0.05) is 6.54 Å². The van der Waals surface area contributed by atoms with Crippen molar-refractivity contribution < 1.29 is 0 Å². The molecule has 0 heterocycles. The molecule has 0 bridgehead atoms. The fraction of sp³-hybridized carbons (Fsp3) is 0.812. The molecule has 0 aromatic heterocycles. The monoisotopic (exact) mass is 248 g/mol. The summed E-state index contributed by atoms with van der Waals surface area (Å²) in [4.78, 5) is 0. The normalized spacial score (nSPS) is 22.2. The van der Waals surface area contributed by atoms with Crippen LogP contribution in [-0.4, -0.2) is 12.1 Å². The molecule has 0 aromatic carbocycles. The predicted octanol–water partition coefficient (Wildman–Crippen LogP) is 4.33. The summed E-state index contributed by atoms with van der Waals surface area (Å²) in [5.74, 6) is 0. The van der Waals surface area contributed by atoms with Gasteiger partial charge in [0.15, 0.2) is 0 Å². The average molecular weight is 248 g/mol. The van der Waals surface area contributed by atoms with Crippen molar-refractivity contribution >= 4 is 0 Å². The third kappa shape index (κ3) is 5.69. The first-order chi connectivity index (χ1) is 8.83. The minimum Gasteiger partial charge on any atom is -0.296 e. The molecule has 1 aliphatic carbocycles. The molecule has 0 spiro atoms. The molecule has 1 saturated carbocycles. The Balaban J connectivity index is 2.52. The summed E-state index contributed by atoms with van der Waals surface area (Å²) < 4.78 is 0. The van der Waals surface area contributed by atoms with Gasteiger partial charge in [-0.2, -0.15) is 5.26 Å². The molecule has 1 N–H and O–H groups in total. The van der Waals surface area contributed by atoms with E-state index in [0.717, 1.165) is 19.4 Å². The van der Waals surface area contributed by atoms with Crippen LogP contribution in [0.2, 0.25) is 0 Å². The van der Waals surface area contributed by atoms with E-state index in [0.29, 0.717) is 0 Å². The highest BCUT2D eigenvalue weighted by Crippen LogP contribution is 2.24. The van der Waals surface area contributed by atoms with Gasteiger partial charge in [-0.3, -0.25) is 5.32 Å². The molecule has 0 radical (unpaired) electrons. The van der Waals surface area contributed by atoms with Crippen molar-refractivity contribution in [2.75, 3.05) is 6.54 Å². The van der Waals surface area contributed by atoms with Gasteiger partial charge in [-0.05, 0) is 12.8 Å². The number of nitrogens with zero attached hydrogens (tertiary/aromatic N) is 1. The molecule has 2 nitrogen and oxygen atoms in total. The SMILES string of the molecule is C=CCNC1(C#N)CCCCCCCCCCC1. The Kier molecular flexibility index (Phi) is 7.76. The maximum atomic E-state index is 9.53. The van der Waals surface area contributed by atoms with E-state index >= 15 is 0 Å². The van der Waals surface area contributed by atoms with Gasteiger partial charge in [-0.1, -0.05) is 63.9 Å². The maximum absolute atomic E-state index is 9.53. The van der Waals surface area contributed by atoms with Crippen LogP contribution in [0, 0.1) is 11.3 Å². The third-order valence-corrected chi connectivity index (χ3v) is 4.01. The summed E-state index contributed by atoms with van der Waals surface area (Å²) >= 11 is 0. The summed E-state index contributed by atoms with van der Waals surface area (Å²) in [5, 5.41) is 12.9. The van der Waals surface area contributed by atoms with Crippen LogP contribution in [0.25, 0.3) is 0 Å². The molecule has 1 rings (SSSR count). The molecule has 0 aliphatic heterocycles. The van der Waals surface area contributed by atoms with E-state index in [1.807, 2.05) is 6.08 Å².